The summed E-state index contributed by atoms with van der Waals surface area (Å²) in [5.41, 5.74) is 4.89. The molecule has 1 aliphatic heterocycles. The molecule has 2 aromatic carbocycles. The van der Waals surface area contributed by atoms with Crippen LogP contribution in [0.25, 0.3) is 22.7 Å². The van der Waals surface area contributed by atoms with Crippen molar-refractivity contribution >= 4 is 0 Å². The topological polar surface area (TPSA) is 72.9 Å². The number of hydrogen-bond donors (Lipinski definition) is 0. The van der Waals surface area contributed by atoms with Crippen molar-refractivity contribution in [1.29, 1.82) is 0 Å². The van der Waals surface area contributed by atoms with Gasteiger partial charge >= 0.3 is 6.43 Å². The average molecular weight is 454 g/mol. The van der Waals surface area contributed by atoms with Crippen LogP contribution in [0.15, 0.2) is 47.0 Å². The molecule has 0 spiro atoms. The number of halogens is 3. The third kappa shape index (κ3) is 4.13. The molecule has 0 atom stereocenters. The standard InChI is InChI=1S/C23H21F3N6O/c1-13(2)31-9-15-4-3-5-17(18(15)11-31)20-12-32(30-27-20)10-16-7-6-14(8-19(16)24)22-28-29-23(33-22)21(25)26/h3-8,12-13,21H,9-11H2,1-2H3. The Balaban J connectivity index is 1.36. The fraction of sp³-hybridized carbons (Fsp3) is 0.304. The number of alkyl halides is 2. The van der Waals surface area contributed by atoms with Gasteiger partial charge in [0.1, 0.15) is 11.5 Å². The van der Waals surface area contributed by atoms with E-state index in [1.165, 1.54) is 17.2 Å². The maximum absolute atomic E-state index is 14.7. The Morgan fingerprint density at radius 3 is 2.64 bits per heavy atom. The zero-order valence-corrected chi connectivity index (χ0v) is 18.0. The van der Waals surface area contributed by atoms with Gasteiger partial charge in [0.2, 0.25) is 5.89 Å². The molecule has 0 saturated carbocycles. The molecule has 0 N–H and O–H groups in total. The van der Waals surface area contributed by atoms with Crippen molar-refractivity contribution in [2.45, 2.75) is 45.9 Å². The molecule has 5 rings (SSSR count). The molecule has 0 amide bonds. The predicted octanol–water partition coefficient (Wildman–Crippen LogP) is 4.84. The number of fused-ring (bicyclic) bond motifs is 1. The number of rotatable bonds is 6. The molecule has 1 aliphatic rings. The molecule has 0 aliphatic carbocycles. The second kappa shape index (κ2) is 8.43. The normalized spacial score (nSPS) is 13.9. The highest BCUT2D eigenvalue weighted by Gasteiger charge is 2.24. The van der Waals surface area contributed by atoms with E-state index < -0.39 is 18.1 Å². The summed E-state index contributed by atoms with van der Waals surface area (Å²) in [4.78, 5) is 2.39. The van der Waals surface area contributed by atoms with Crippen molar-refractivity contribution in [2.24, 2.45) is 0 Å². The lowest BCUT2D eigenvalue weighted by molar-refractivity contribution is 0.116. The van der Waals surface area contributed by atoms with Gasteiger partial charge in [-0.3, -0.25) is 4.90 Å². The van der Waals surface area contributed by atoms with Crippen LogP contribution >= 0.6 is 0 Å². The highest BCUT2D eigenvalue weighted by Crippen LogP contribution is 2.32. The van der Waals surface area contributed by atoms with Crippen LogP contribution in [0.4, 0.5) is 13.2 Å². The van der Waals surface area contributed by atoms with Crippen LogP contribution in [-0.4, -0.2) is 36.1 Å². The van der Waals surface area contributed by atoms with Crippen LogP contribution in [-0.2, 0) is 19.6 Å². The Labute approximate surface area is 187 Å². The quantitative estimate of drug-likeness (QED) is 0.415. The lowest BCUT2D eigenvalue weighted by Crippen LogP contribution is -2.24. The first-order valence-corrected chi connectivity index (χ1v) is 10.5. The van der Waals surface area contributed by atoms with Gasteiger partial charge in [0.15, 0.2) is 0 Å². The minimum atomic E-state index is -2.88. The highest BCUT2D eigenvalue weighted by atomic mass is 19.3. The minimum absolute atomic E-state index is 0.160. The molecule has 33 heavy (non-hydrogen) atoms. The van der Waals surface area contributed by atoms with E-state index in [1.807, 2.05) is 12.1 Å². The molecule has 10 heteroatoms. The second-order valence-electron chi connectivity index (χ2n) is 8.30. The monoisotopic (exact) mass is 454 g/mol. The number of benzene rings is 2. The van der Waals surface area contributed by atoms with E-state index >= 15 is 0 Å². The third-order valence-electron chi connectivity index (χ3n) is 5.81. The number of aromatic nitrogens is 5. The molecule has 170 valence electrons. The predicted molar refractivity (Wildman–Crippen MR) is 114 cm³/mol. The average Bonchev–Trinajstić information content (AvgIpc) is 3.54. The zero-order valence-electron chi connectivity index (χ0n) is 18.0. The molecule has 0 bridgehead atoms. The molecule has 0 saturated heterocycles. The van der Waals surface area contributed by atoms with Gasteiger partial charge in [0.25, 0.3) is 5.89 Å². The minimum Gasteiger partial charge on any atom is -0.415 e. The lowest BCUT2D eigenvalue weighted by Gasteiger charge is -2.19. The van der Waals surface area contributed by atoms with Gasteiger partial charge in [-0.25, -0.2) is 9.07 Å². The van der Waals surface area contributed by atoms with Crippen molar-refractivity contribution in [1.82, 2.24) is 30.1 Å². The smallest absolute Gasteiger partial charge is 0.314 e. The summed E-state index contributed by atoms with van der Waals surface area (Å²) < 4.78 is 46.5. The Bertz CT molecular complexity index is 1300. The maximum atomic E-state index is 14.7. The van der Waals surface area contributed by atoms with Gasteiger partial charge in [-0.05, 0) is 37.1 Å². The van der Waals surface area contributed by atoms with Crippen molar-refractivity contribution in [2.75, 3.05) is 0 Å². The molecule has 7 nitrogen and oxygen atoms in total. The maximum Gasteiger partial charge on any atom is 0.314 e. The summed E-state index contributed by atoms with van der Waals surface area (Å²) in [6, 6.07) is 10.9. The van der Waals surface area contributed by atoms with Crippen LogP contribution < -0.4 is 0 Å². The van der Waals surface area contributed by atoms with Crippen LogP contribution in [0.3, 0.4) is 0 Å². The van der Waals surface area contributed by atoms with Gasteiger partial charge in [0.05, 0.1) is 12.7 Å². The molecule has 3 heterocycles. The van der Waals surface area contributed by atoms with Crippen LogP contribution in [0.1, 0.15) is 42.9 Å². The van der Waals surface area contributed by atoms with Gasteiger partial charge in [-0.2, -0.15) is 8.78 Å². The summed E-state index contributed by atoms with van der Waals surface area (Å²) in [6.07, 6.45) is -1.08. The molecule has 0 unspecified atom stereocenters. The van der Waals surface area contributed by atoms with E-state index in [-0.39, 0.29) is 18.0 Å². The third-order valence-corrected chi connectivity index (χ3v) is 5.81. The van der Waals surface area contributed by atoms with E-state index in [0.717, 1.165) is 24.3 Å². The summed E-state index contributed by atoms with van der Waals surface area (Å²) >= 11 is 0. The molecule has 2 aromatic heterocycles. The first-order chi connectivity index (χ1) is 15.9. The van der Waals surface area contributed by atoms with E-state index in [1.54, 1.807) is 23.0 Å². The van der Waals surface area contributed by atoms with E-state index in [0.29, 0.717) is 11.6 Å². The molecular weight excluding hydrogens is 433 g/mol. The van der Waals surface area contributed by atoms with Crippen molar-refractivity contribution in [3.63, 3.8) is 0 Å². The Kier molecular flexibility index (Phi) is 5.45. The molecular formula is C23H21F3N6O. The largest absolute Gasteiger partial charge is 0.415 e. The Hall–Kier alpha value is -3.53. The fourth-order valence-corrected chi connectivity index (χ4v) is 3.97. The van der Waals surface area contributed by atoms with E-state index in [4.69, 9.17) is 4.42 Å². The molecule has 0 radical (unpaired) electrons. The summed E-state index contributed by atoms with van der Waals surface area (Å²) in [5, 5.41) is 15.3. The highest BCUT2D eigenvalue weighted by molar-refractivity contribution is 5.65. The van der Waals surface area contributed by atoms with E-state index in [9.17, 15) is 13.2 Å². The van der Waals surface area contributed by atoms with Gasteiger partial charge < -0.3 is 4.42 Å². The van der Waals surface area contributed by atoms with Gasteiger partial charge in [-0.1, -0.05) is 29.5 Å². The molecule has 0 fully saturated rings. The second-order valence-corrected chi connectivity index (χ2v) is 8.30. The summed E-state index contributed by atoms with van der Waals surface area (Å²) in [7, 11) is 0. The van der Waals surface area contributed by atoms with Crippen molar-refractivity contribution in [3.05, 3.63) is 71.0 Å². The summed E-state index contributed by atoms with van der Waals surface area (Å²) in [5.74, 6) is -1.49. The van der Waals surface area contributed by atoms with Crippen molar-refractivity contribution in [3.8, 4) is 22.7 Å². The summed E-state index contributed by atoms with van der Waals surface area (Å²) in [6.45, 7) is 6.29. The van der Waals surface area contributed by atoms with Crippen molar-refractivity contribution < 1.29 is 17.6 Å². The number of hydrogen-bond acceptors (Lipinski definition) is 6. The van der Waals surface area contributed by atoms with Crippen LogP contribution in [0.5, 0.6) is 0 Å². The fourth-order valence-electron chi connectivity index (χ4n) is 3.97. The molecule has 4 aromatic rings. The first kappa shape index (κ1) is 21.3. The van der Waals surface area contributed by atoms with Crippen LogP contribution in [0.2, 0.25) is 0 Å². The number of nitrogens with zero attached hydrogens (tertiary/aromatic N) is 6. The zero-order chi connectivity index (χ0) is 23.1. The van der Waals surface area contributed by atoms with Gasteiger partial charge in [-0.15, -0.1) is 15.3 Å². The SMILES string of the molecule is CC(C)N1Cc2cccc(-c3cn(Cc4ccc(-c5nnc(C(F)F)o5)cc4F)nn3)c2C1. The Morgan fingerprint density at radius 1 is 1.06 bits per heavy atom. The lowest BCUT2D eigenvalue weighted by atomic mass is 10.0. The first-order valence-electron chi connectivity index (χ1n) is 10.5. The Morgan fingerprint density at radius 2 is 1.91 bits per heavy atom. The van der Waals surface area contributed by atoms with Gasteiger partial charge in [0, 0.05) is 35.8 Å². The van der Waals surface area contributed by atoms with E-state index in [2.05, 4.69) is 45.3 Å². The van der Waals surface area contributed by atoms with Crippen LogP contribution in [0, 0.1) is 5.82 Å².